The standard InChI is InChI=1S/C25H33N3O5/c1-6-20(18-10-8-7-9-11-18)26-23(29)19-14-21(28-12-13-32-15-22(19)28)24(30)27(5)17(4)25(31)33-16(2)3/h7-11,14,16-17,20H,6,12-13,15H2,1-5H3,(H,26,29). The number of aromatic nitrogens is 1. The van der Waals surface area contributed by atoms with E-state index < -0.39 is 12.0 Å². The molecule has 2 atom stereocenters. The Morgan fingerprint density at radius 2 is 1.88 bits per heavy atom. The summed E-state index contributed by atoms with van der Waals surface area (Å²) in [6.45, 7) is 8.31. The van der Waals surface area contributed by atoms with Crippen LogP contribution in [0, 0.1) is 0 Å². The first kappa shape index (κ1) is 24.5. The molecule has 2 unspecified atom stereocenters. The smallest absolute Gasteiger partial charge is 0.328 e. The molecular weight excluding hydrogens is 422 g/mol. The SMILES string of the molecule is CCC(NC(=O)c1cc(C(=O)N(C)C(C)C(=O)OC(C)C)n2c1COCC2)c1ccccc1. The number of nitrogens with zero attached hydrogens (tertiary/aromatic N) is 2. The molecular formula is C25H33N3O5. The van der Waals surface area contributed by atoms with Crippen LogP contribution in [0.15, 0.2) is 36.4 Å². The lowest BCUT2D eigenvalue weighted by atomic mass is 10.0. The maximum atomic E-state index is 13.3. The number of carbonyl (C=O) groups is 3. The van der Waals surface area contributed by atoms with Crippen LogP contribution in [-0.4, -0.2) is 53.1 Å². The Labute approximate surface area is 194 Å². The number of hydrogen-bond acceptors (Lipinski definition) is 5. The highest BCUT2D eigenvalue weighted by atomic mass is 16.5. The van der Waals surface area contributed by atoms with Gasteiger partial charge in [0.15, 0.2) is 0 Å². The van der Waals surface area contributed by atoms with Crippen molar-refractivity contribution in [3.05, 3.63) is 58.9 Å². The number of amides is 2. The van der Waals surface area contributed by atoms with Crippen molar-refractivity contribution in [1.29, 1.82) is 0 Å². The Morgan fingerprint density at radius 3 is 2.52 bits per heavy atom. The molecule has 1 aliphatic rings. The van der Waals surface area contributed by atoms with Crippen LogP contribution in [0.2, 0.25) is 0 Å². The van der Waals surface area contributed by atoms with Crippen LogP contribution in [-0.2, 0) is 27.4 Å². The van der Waals surface area contributed by atoms with Crippen LogP contribution in [0.5, 0.6) is 0 Å². The monoisotopic (exact) mass is 455 g/mol. The summed E-state index contributed by atoms with van der Waals surface area (Å²) in [5.74, 6) is -1.07. The summed E-state index contributed by atoms with van der Waals surface area (Å²) in [4.78, 5) is 40.2. The second-order valence-corrected chi connectivity index (χ2v) is 8.52. The van der Waals surface area contributed by atoms with Gasteiger partial charge in [0, 0.05) is 13.6 Å². The van der Waals surface area contributed by atoms with Gasteiger partial charge in [0.2, 0.25) is 0 Å². The van der Waals surface area contributed by atoms with Crippen molar-refractivity contribution in [1.82, 2.24) is 14.8 Å². The minimum Gasteiger partial charge on any atom is -0.461 e. The average molecular weight is 456 g/mol. The number of carbonyl (C=O) groups excluding carboxylic acids is 3. The third kappa shape index (κ3) is 5.45. The molecule has 0 saturated carbocycles. The summed E-state index contributed by atoms with van der Waals surface area (Å²) in [5, 5.41) is 3.09. The van der Waals surface area contributed by atoms with Gasteiger partial charge >= 0.3 is 5.97 Å². The summed E-state index contributed by atoms with van der Waals surface area (Å²) >= 11 is 0. The zero-order chi connectivity index (χ0) is 24.1. The summed E-state index contributed by atoms with van der Waals surface area (Å²) in [7, 11) is 1.57. The normalized spacial score (nSPS) is 14.8. The molecule has 0 fully saturated rings. The van der Waals surface area contributed by atoms with Gasteiger partial charge in [-0.15, -0.1) is 0 Å². The Hall–Kier alpha value is -3.13. The summed E-state index contributed by atoms with van der Waals surface area (Å²) in [5.41, 5.74) is 2.46. The van der Waals surface area contributed by atoms with Crippen LogP contribution in [0.25, 0.3) is 0 Å². The van der Waals surface area contributed by atoms with Gasteiger partial charge in [-0.3, -0.25) is 9.59 Å². The summed E-state index contributed by atoms with van der Waals surface area (Å²) < 4.78 is 12.7. The van der Waals surface area contributed by atoms with E-state index in [9.17, 15) is 14.4 Å². The number of rotatable bonds is 8. The molecule has 2 amide bonds. The van der Waals surface area contributed by atoms with Gasteiger partial charge in [-0.1, -0.05) is 37.3 Å². The van der Waals surface area contributed by atoms with Crippen LogP contribution in [0.1, 0.15) is 72.3 Å². The van der Waals surface area contributed by atoms with E-state index in [2.05, 4.69) is 5.32 Å². The first-order chi connectivity index (χ1) is 15.7. The van der Waals surface area contributed by atoms with E-state index in [1.807, 2.05) is 41.8 Å². The third-order valence-corrected chi connectivity index (χ3v) is 5.88. The summed E-state index contributed by atoms with van der Waals surface area (Å²) in [6.07, 6.45) is 0.458. The molecule has 1 aliphatic heterocycles. The topological polar surface area (TPSA) is 89.9 Å². The van der Waals surface area contributed by atoms with E-state index in [1.54, 1.807) is 33.9 Å². The first-order valence-electron chi connectivity index (χ1n) is 11.4. The van der Waals surface area contributed by atoms with Gasteiger partial charge in [-0.2, -0.15) is 0 Å². The van der Waals surface area contributed by atoms with Crippen LogP contribution >= 0.6 is 0 Å². The van der Waals surface area contributed by atoms with Crippen molar-refractivity contribution in [3.63, 3.8) is 0 Å². The Kier molecular flexibility index (Phi) is 7.92. The minimum absolute atomic E-state index is 0.147. The van der Waals surface area contributed by atoms with Gasteiger partial charge in [0.1, 0.15) is 11.7 Å². The van der Waals surface area contributed by atoms with Crippen molar-refractivity contribution in [3.8, 4) is 0 Å². The van der Waals surface area contributed by atoms with Crippen molar-refractivity contribution in [2.45, 2.75) is 65.5 Å². The lowest BCUT2D eigenvalue weighted by Crippen LogP contribution is -2.42. The molecule has 0 spiro atoms. The third-order valence-electron chi connectivity index (χ3n) is 5.88. The highest BCUT2D eigenvalue weighted by molar-refractivity contribution is 6.01. The number of esters is 1. The second-order valence-electron chi connectivity index (χ2n) is 8.52. The van der Waals surface area contributed by atoms with Gasteiger partial charge in [0.25, 0.3) is 11.8 Å². The first-order valence-corrected chi connectivity index (χ1v) is 11.4. The van der Waals surface area contributed by atoms with Gasteiger partial charge < -0.3 is 24.3 Å². The Morgan fingerprint density at radius 1 is 1.18 bits per heavy atom. The van der Waals surface area contributed by atoms with Crippen molar-refractivity contribution < 1.29 is 23.9 Å². The molecule has 2 heterocycles. The number of ether oxygens (including phenoxy) is 2. The second kappa shape index (κ2) is 10.7. The lowest BCUT2D eigenvalue weighted by Gasteiger charge is -2.26. The zero-order valence-electron chi connectivity index (χ0n) is 20.0. The molecule has 33 heavy (non-hydrogen) atoms. The maximum Gasteiger partial charge on any atom is 0.328 e. The minimum atomic E-state index is -0.759. The highest BCUT2D eigenvalue weighted by Crippen LogP contribution is 2.24. The predicted molar refractivity (Wildman–Crippen MR) is 124 cm³/mol. The average Bonchev–Trinajstić information content (AvgIpc) is 3.21. The van der Waals surface area contributed by atoms with Crippen molar-refractivity contribution in [2.75, 3.05) is 13.7 Å². The van der Waals surface area contributed by atoms with E-state index >= 15 is 0 Å². The molecule has 3 rings (SSSR count). The maximum absolute atomic E-state index is 13.3. The van der Waals surface area contributed by atoms with E-state index in [-0.39, 0.29) is 30.6 Å². The van der Waals surface area contributed by atoms with Gasteiger partial charge in [-0.25, -0.2) is 4.79 Å². The van der Waals surface area contributed by atoms with Crippen LogP contribution < -0.4 is 5.32 Å². The molecule has 0 radical (unpaired) electrons. The largest absolute Gasteiger partial charge is 0.461 e. The molecule has 1 aromatic carbocycles. The molecule has 178 valence electrons. The lowest BCUT2D eigenvalue weighted by molar-refractivity contribution is -0.151. The van der Waals surface area contributed by atoms with E-state index in [0.717, 1.165) is 12.0 Å². The number of nitrogens with one attached hydrogen (secondary N) is 1. The number of likely N-dealkylation sites (N-methyl/N-ethyl adjacent to an activating group) is 1. The fourth-order valence-electron chi connectivity index (χ4n) is 3.89. The van der Waals surface area contributed by atoms with Crippen molar-refractivity contribution in [2.24, 2.45) is 0 Å². The molecule has 1 aromatic heterocycles. The number of benzene rings is 1. The molecule has 8 heteroatoms. The van der Waals surface area contributed by atoms with Gasteiger partial charge in [0.05, 0.1) is 36.6 Å². The fraction of sp³-hybridized carbons (Fsp3) is 0.480. The quantitative estimate of drug-likeness (QED) is 0.617. The molecule has 2 aromatic rings. The van der Waals surface area contributed by atoms with Crippen LogP contribution in [0.3, 0.4) is 0 Å². The molecule has 0 aliphatic carbocycles. The van der Waals surface area contributed by atoms with Crippen molar-refractivity contribution >= 4 is 17.8 Å². The zero-order valence-corrected chi connectivity index (χ0v) is 20.0. The molecule has 1 N–H and O–H groups in total. The fourth-order valence-corrected chi connectivity index (χ4v) is 3.89. The Bertz CT molecular complexity index is 999. The van der Waals surface area contributed by atoms with Crippen LogP contribution in [0.4, 0.5) is 0 Å². The number of hydrogen-bond donors (Lipinski definition) is 1. The molecule has 0 bridgehead atoms. The Balaban J connectivity index is 1.86. The predicted octanol–water partition coefficient (Wildman–Crippen LogP) is 3.31. The number of fused-ring (bicyclic) bond motifs is 1. The molecule has 0 saturated heterocycles. The highest BCUT2D eigenvalue weighted by Gasteiger charge is 2.31. The van der Waals surface area contributed by atoms with E-state index in [4.69, 9.17) is 9.47 Å². The van der Waals surface area contributed by atoms with Gasteiger partial charge in [-0.05, 0) is 38.8 Å². The van der Waals surface area contributed by atoms with E-state index in [1.165, 1.54) is 4.90 Å². The molecule has 8 nitrogen and oxygen atoms in total. The van der Waals surface area contributed by atoms with E-state index in [0.29, 0.717) is 30.1 Å². The summed E-state index contributed by atoms with van der Waals surface area (Å²) in [6, 6.07) is 10.5.